The first-order chi connectivity index (χ1) is 18.9. The topological polar surface area (TPSA) is 69.3 Å². The molecule has 5 heteroatoms. The van der Waals surface area contributed by atoms with Crippen molar-refractivity contribution in [3.05, 3.63) is 131 Å². The summed E-state index contributed by atoms with van der Waals surface area (Å²) in [4.78, 5) is 2.20. The number of allylic oxidation sites excluding steroid dienone is 8. The highest BCUT2D eigenvalue weighted by Gasteiger charge is 2.25. The van der Waals surface area contributed by atoms with Gasteiger partial charge in [-0.25, -0.2) is 0 Å². The van der Waals surface area contributed by atoms with E-state index in [2.05, 4.69) is 41.3 Å². The maximum atomic E-state index is 9.33. The smallest absolute Gasteiger partial charge is 0.151 e. The van der Waals surface area contributed by atoms with Crippen molar-refractivity contribution in [2.75, 3.05) is 4.90 Å². The second kappa shape index (κ2) is 10.6. The lowest BCUT2D eigenvalue weighted by Crippen LogP contribution is -2.15. The first-order valence-electron chi connectivity index (χ1n) is 12.6. The molecule has 0 radical (unpaired) electrons. The minimum absolute atomic E-state index is 0.0621. The van der Waals surface area contributed by atoms with Gasteiger partial charge < -0.3 is 14.4 Å². The molecule has 3 aromatic rings. The average molecular weight is 510 g/mol. The zero-order valence-corrected chi connectivity index (χ0v) is 22.1. The van der Waals surface area contributed by atoms with Crippen molar-refractivity contribution >= 4 is 23.1 Å². The number of hydrogen-bond acceptors (Lipinski definition) is 5. The van der Waals surface area contributed by atoms with E-state index in [0.717, 1.165) is 34.1 Å². The van der Waals surface area contributed by atoms with Crippen LogP contribution in [0.2, 0.25) is 0 Å². The zero-order chi connectivity index (χ0) is 27.4. The Labute approximate surface area is 229 Å². The summed E-state index contributed by atoms with van der Waals surface area (Å²) in [6.07, 6.45) is 11.1. The molecule has 5 nitrogen and oxygen atoms in total. The number of hydrogen-bond donors (Lipinski definition) is 0. The van der Waals surface area contributed by atoms with E-state index in [9.17, 15) is 10.5 Å². The molecule has 0 aliphatic carbocycles. The van der Waals surface area contributed by atoms with Gasteiger partial charge in [0.1, 0.15) is 29.2 Å². The fourth-order valence-electron chi connectivity index (χ4n) is 4.31. The average Bonchev–Trinajstić information content (AvgIpc) is 2.94. The van der Waals surface area contributed by atoms with Gasteiger partial charge in [0.25, 0.3) is 0 Å². The van der Waals surface area contributed by atoms with Crippen LogP contribution in [0.3, 0.4) is 0 Å². The molecule has 3 aromatic carbocycles. The fraction of sp³-hybridized carbons (Fsp3) is 0.118. The van der Waals surface area contributed by atoms with Crippen LogP contribution in [-0.4, -0.2) is 0 Å². The Morgan fingerprint density at radius 1 is 0.744 bits per heavy atom. The predicted molar refractivity (Wildman–Crippen MR) is 154 cm³/mol. The Kier molecular flexibility index (Phi) is 6.91. The van der Waals surface area contributed by atoms with Gasteiger partial charge in [-0.05, 0) is 60.2 Å². The molecule has 0 saturated heterocycles. The van der Waals surface area contributed by atoms with Crippen molar-refractivity contribution in [3.63, 3.8) is 0 Å². The molecule has 2 aliphatic heterocycles. The Balaban J connectivity index is 1.35. The van der Waals surface area contributed by atoms with E-state index in [4.69, 9.17) is 9.47 Å². The van der Waals surface area contributed by atoms with Crippen LogP contribution in [-0.2, 0) is 4.74 Å². The molecule has 0 fully saturated rings. The Morgan fingerprint density at radius 2 is 1.33 bits per heavy atom. The lowest BCUT2D eigenvalue weighted by Gasteiger charge is -2.32. The third kappa shape index (κ3) is 5.39. The Hall–Kier alpha value is -5.26. The lowest BCUT2D eigenvalue weighted by molar-refractivity contribution is 0.223. The van der Waals surface area contributed by atoms with Crippen molar-refractivity contribution < 1.29 is 9.47 Å². The highest BCUT2D eigenvalue weighted by Crippen LogP contribution is 2.49. The molecule has 5 rings (SSSR count). The molecule has 0 amide bonds. The molecule has 0 spiro atoms. The molecule has 0 aromatic heterocycles. The molecule has 0 saturated carbocycles. The van der Waals surface area contributed by atoms with Crippen LogP contribution in [0, 0.1) is 28.1 Å². The summed E-state index contributed by atoms with van der Waals surface area (Å²) in [7, 11) is 0. The molecule has 190 valence electrons. The van der Waals surface area contributed by atoms with Crippen LogP contribution in [0.4, 0.5) is 17.1 Å². The number of ether oxygens (including phenoxy) is 2. The van der Waals surface area contributed by atoms with Gasteiger partial charge >= 0.3 is 0 Å². The number of fused-ring (bicyclic) bond motifs is 2. The van der Waals surface area contributed by atoms with Crippen molar-refractivity contribution in [1.29, 1.82) is 10.5 Å². The maximum absolute atomic E-state index is 9.33. The molecular formula is C34H27N3O2. The number of rotatable bonds is 4. The Bertz CT molecular complexity index is 1590. The van der Waals surface area contributed by atoms with E-state index in [1.807, 2.05) is 93.6 Å². The van der Waals surface area contributed by atoms with E-state index < -0.39 is 0 Å². The molecule has 0 bridgehead atoms. The van der Waals surface area contributed by atoms with E-state index in [1.165, 1.54) is 0 Å². The normalized spacial score (nSPS) is 14.4. The summed E-state index contributed by atoms with van der Waals surface area (Å²) >= 11 is 0. The Morgan fingerprint density at radius 3 is 1.92 bits per heavy atom. The molecular weight excluding hydrogens is 482 g/mol. The number of para-hydroxylation sites is 4. The molecule has 39 heavy (non-hydrogen) atoms. The summed E-state index contributed by atoms with van der Waals surface area (Å²) in [6.45, 7) is 6.08. The van der Waals surface area contributed by atoms with Gasteiger partial charge in [-0.3, -0.25) is 0 Å². The van der Waals surface area contributed by atoms with Crippen molar-refractivity contribution in [3.8, 4) is 23.6 Å². The van der Waals surface area contributed by atoms with Gasteiger partial charge in [0.15, 0.2) is 11.5 Å². The molecule has 2 heterocycles. The maximum Gasteiger partial charge on any atom is 0.151 e. The second-order valence-electron chi connectivity index (χ2n) is 10.1. The third-order valence-electron chi connectivity index (χ3n) is 6.31. The van der Waals surface area contributed by atoms with Crippen LogP contribution in [0.25, 0.3) is 6.08 Å². The van der Waals surface area contributed by atoms with Gasteiger partial charge in [0, 0.05) is 16.7 Å². The summed E-state index contributed by atoms with van der Waals surface area (Å²) < 4.78 is 12.2. The number of benzene rings is 3. The number of nitrogens with zero attached hydrogens (tertiary/aromatic N) is 3. The van der Waals surface area contributed by atoms with Crippen LogP contribution in [0.15, 0.2) is 126 Å². The summed E-state index contributed by atoms with van der Waals surface area (Å²) in [5.74, 6) is 2.92. The third-order valence-corrected chi connectivity index (χ3v) is 6.31. The summed E-state index contributed by atoms with van der Waals surface area (Å²) in [5, 5.41) is 18.7. The van der Waals surface area contributed by atoms with Crippen molar-refractivity contribution in [2.45, 2.75) is 20.8 Å². The summed E-state index contributed by atoms with van der Waals surface area (Å²) in [6, 6.07) is 28.3. The van der Waals surface area contributed by atoms with Crippen LogP contribution >= 0.6 is 0 Å². The van der Waals surface area contributed by atoms with Crippen LogP contribution < -0.4 is 9.64 Å². The minimum Gasteiger partial charge on any atom is -0.461 e. The predicted octanol–water partition coefficient (Wildman–Crippen LogP) is 9.02. The second-order valence-corrected chi connectivity index (χ2v) is 10.1. The van der Waals surface area contributed by atoms with Crippen molar-refractivity contribution in [2.24, 2.45) is 5.41 Å². The van der Waals surface area contributed by atoms with E-state index >= 15 is 0 Å². The van der Waals surface area contributed by atoms with Gasteiger partial charge in [-0.15, -0.1) is 0 Å². The van der Waals surface area contributed by atoms with Gasteiger partial charge in [-0.2, -0.15) is 10.5 Å². The molecule has 0 unspecified atom stereocenters. The minimum atomic E-state index is -0.270. The number of anilines is 3. The van der Waals surface area contributed by atoms with Crippen LogP contribution in [0.1, 0.15) is 26.3 Å². The fourth-order valence-corrected chi connectivity index (χ4v) is 4.31. The number of nitriles is 2. The highest BCUT2D eigenvalue weighted by atomic mass is 16.5. The van der Waals surface area contributed by atoms with E-state index in [-0.39, 0.29) is 11.0 Å². The summed E-state index contributed by atoms with van der Waals surface area (Å²) in [5.41, 5.74) is 4.43. The first kappa shape index (κ1) is 25.4. The highest BCUT2D eigenvalue weighted by molar-refractivity contribution is 5.86. The SMILES string of the molecule is CC(C)(C)C1=CC(=C(C#N)C#N)C=C(/C=C/C=C/c2ccc(N3c4ccccc4Oc4ccccc43)cc2)O1. The van der Waals surface area contributed by atoms with Gasteiger partial charge in [0.05, 0.1) is 11.4 Å². The van der Waals surface area contributed by atoms with Crippen LogP contribution in [0.5, 0.6) is 11.5 Å². The lowest BCUT2D eigenvalue weighted by atomic mass is 9.90. The standard InChI is InChI=1S/C34H27N3O2/c1-34(2,3)33-21-25(26(22-35)23-36)20-28(38-33)11-5-4-10-24-16-18-27(19-17-24)37-29-12-6-8-14-31(29)39-32-15-9-7-13-30(32)37/h4-21H,1-3H3/b10-4+,11-5+. The zero-order valence-electron chi connectivity index (χ0n) is 22.1. The van der Waals surface area contributed by atoms with E-state index in [0.29, 0.717) is 17.1 Å². The molecule has 0 atom stereocenters. The quantitative estimate of drug-likeness (QED) is 0.203. The first-order valence-corrected chi connectivity index (χ1v) is 12.6. The van der Waals surface area contributed by atoms with Gasteiger partial charge in [0.2, 0.25) is 0 Å². The molecule has 0 N–H and O–H groups in total. The molecule has 2 aliphatic rings. The largest absolute Gasteiger partial charge is 0.461 e. The van der Waals surface area contributed by atoms with Gasteiger partial charge in [-0.1, -0.05) is 75.4 Å². The van der Waals surface area contributed by atoms with Crippen molar-refractivity contribution in [1.82, 2.24) is 0 Å². The monoisotopic (exact) mass is 509 g/mol. The van der Waals surface area contributed by atoms with E-state index in [1.54, 1.807) is 12.2 Å².